The van der Waals surface area contributed by atoms with Crippen molar-refractivity contribution < 1.29 is 9.21 Å². The summed E-state index contributed by atoms with van der Waals surface area (Å²) >= 11 is 7.20. The number of aryl methyl sites for hydroxylation is 2. The summed E-state index contributed by atoms with van der Waals surface area (Å²) in [5.74, 6) is 0.257. The lowest BCUT2D eigenvalue weighted by Crippen LogP contribution is -2.23. The number of nitrogens with zero attached hydrogens (tertiary/aromatic N) is 2. The zero-order valence-electron chi connectivity index (χ0n) is 14.6. The van der Waals surface area contributed by atoms with E-state index in [0.717, 1.165) is 22.4 Å². The van der Waals surface area contributed by atoms with Gasteiger partial charge in [-0.2, -0.15) is 0 Å². The van der Waals surface area contributed by atoms with Crippen LogP contribution >= 0.6 is 23.4 Å². The molecule has 2 aromatic carbocycles. The summed E-state index contributed by atoms with van der Waals surface area (Å²) in [5.41, 5.74) is 3.63. The minimum atomic E-state index is -0.387. The lowest BCUT2D eigenvalue weighted by atomic mass is 10.1. The first-order valence-corrected chi connectivity index (χ1v) is 9.33. The fourth-order valence-corrected chi connectivity index (χ4v) is 3.31. The molecule has 0 saturated carbocycles. The number of rotatable bonds is 5. The van der Waals surface area contributed by atoms with Crippen molar-refractivity contribution in [1.29, 1.82) is 0 Å². The highest BCUT2D eigenvalue weighted by atomic mass is 35.5. The molecule has 0 aliphatic heterocycles. The molecule has 3 aromatic rings. The number of amides is 1. The molecule has 134 valence electrons. The first-order chi connectivity index (χ1) is 12.4. The van der Waals surface area contributed by atoms with E-state index in [1.165, 1.54) is 11.8 Å². The highest BCUT2D eigenvalue weighted by molar-refractivity contribution is 8.00. The number of nitrogens with one attached hydrogen (secondary N) is 1. The fraction of sp³-hybridized carbons (Fsp3) is 0.211. The second-order valence-corrected chi connectivity index (χ2v) is 7.63. The third kappa shape index (κ3) is 4.26. The highest BCUT2D eigenvalue weighted by Crippen LogP contribution is 2.28. The number of hydrogen-bond donors (Lipinski definition) is 1. The molecule has 0 spiro atoms. The van der Waals surface area contributed by atoms with Gasteiger partial charge in [0.1, 0.15) is 0 Å². The van der Waals surface area contributed by atoms with Crippen molar-refractivity contribution >= 4 is 35.0 Å². The van der Waals surface area contributed by atoms with Gasteiger partial charge in [0.25, 0.3) is 5.22 Å². The van der Waals surface area contributed by atoms with E-state index in [4.69, 9.17) is 16.0 Å². The van der Waals surface area contributed by atoms with Gasteiger partial charge in [0.15, 0.2) is 0 Å². The van der Waals surface area contributed by atoms with Crippen molar-refractivity contribution in [3.05, 3.63) is 58.6 Å². The summed E-state index contributed by atoms with van der Waals surface area (Å²) in [6.07, 6.45) is 0. The van der Waals surface area contributed by atoms with Crippen molar-refractivity contribution in [1.82, 2.24) is 10.2 Å². The van der Waals surface area contributed by atoms with Crippen LogP contribution in [0.5, 0.6) is 0 Å². The molecule has 3 rings (SSSR count). The number of hydrogen-bond acceptors (Lipinski definition) is 5. The summed E-state index contributed by atoms with van der Waals surface area (Å²) in [6, 6.07) is 13.1. The van der Waals surface area contributed by atoms with E-state index >= 15 is 0 Å². The van der Waals surface area contributed by atoms with Crippen LogP contribution in [0.1, 0.15) is 18.1 Å². The molecule has 0 aliphatic rings. The molecule has 1 amide bonds. The van der Waals surface area contributed by atoms with Crippen LogP contribution in [-0.4, -0.2) is 21.4 Å². The number of aromatic nitrogens is 2. The lowest BCUT2D eigenvalue weighted by Gasteiger charge is -2.14. The van der Waals surface area contributed by atoms with Gasteiger partial charge in [0.05, 0.1) is 5.25 Å². The molecule has 1 unspecified atom stereocenters. The van der Waals surface area contributed by atoms with Gasteiger partial charge in [0, 0.05) is 16.3 Å². The molecule has 7 heteroatoms. The number of thioether (sulfide) groups is 1. The Morgan fingerprint density at radius 1 is 1.15 bits per heavy atom. The normalized spacial score (nSPS) is 12.0. The first kappa shape index (κ1) is 18.5. The van der Waals surface area contributed by atoms with Gasteiger partial charge < -0.3 is 9.73 Å². The van der Waals surface area contributed by atoms with Gasteiger partial charge in [-0.15, -0.1) is 10.2 Å². The number of benzene rings is 2. The zero-order chi connectivity index (χ0) is 18.7. The molecule has 1 heterocycles. The molecule has 0 saturated heterocycles. The third-order valence-corrected chi connectivity index (χ3v) is 5.02. The van der Waals surface area contributed by atoms with E-state index in [-0.39, 0.29) is 11.2 Å². The Morgan fingerprint density at radius 2 is 1.85 bits per heavy atom. The summed E-state index contributed by atoms with van der Waals surface area (Å²) in [5, 5.41) is 11.6. The van der Waals surface area contributed by atoms with Crippen LogP contribution in [0.2, 0.25) is 5.02 Å². The largest absolute Gasteiger partial charge is 0.411 e. The number of halogens is 1. The molecule has 1 aromatic heterocycles. The summed E-state index contributed by atoms with van der Waals surface area (Å²) in [6.45, 7) is 5.74. The van der Waals surface area contributed by atoms with Crippen molar-refractivity contribution in [3.63, 3.8) is 0 Å². The van der Waals surface area contributed by atoms with Crippen LogP contribution in [0.4, 0.5) is 5.69 Å². The van der Waals surface area contributed by atoms with E-state index < -0.39 is 0 Å². The Bertz CT molecular complexity index is 922. The standard InChI is InChI=1S/C19H18ClN3O2S/c1-11-6-4-7-12(2)16(11)21-17(24)13(3)26-19-23-22-18(25-19)14-8-5-9-15(20)10-14/h4-10,13H,1-3H3,(H,21,24). The van der Waals surface area contributed by atoms with Crippen molar-refractivity contribution in [2.45, 2.75) is 31.2 Å². The van der Waals surface area contributed by atoms with E-state index in [2.05, 4.69) is 15.5 Å². The Labute approximate surface area is 161 Å². The maximum atomic E-state index is 12.5. The summed E-state index contributed by atoms with van der Waals surface area (Å²) in [4.78, 5) is 12.5. The van der Waals surface area contributed by atoms with Crippen LogP contribution in [0, 0.1) is 13.8 Å². The molecule has 26 heavy (non-hydrogen) atoms. The van der Waals surface area contributed by atoms with Crippen molar-refractivity contribution in [3.8, 4) is 11.5 Å². The molecule has 0 aliphatic carbocycles. The maximum Gasteiger partial charge on any atom is 0.277 e. The number of anilines is 1. The number of para-hydroxylation sites is 1. The van der Waals surface area contributed by atoms with Gasteiger partial charge in [-0.3, -0.25) is 4.79 Å². The molecule has 0 fully saturated rings. The van der Waals surface area contributed by atoms with Gasteiger partial charge >= 0.3 is 0 Å². The predicted octanol–water partition coefficient (Wildman–Crippen LogP) is 5.13. The zero-order valence-corrected chi connectivity index (χ0v) is 16.2. The molecule has 0 bridgehead atoms. The number of carbonyl (C=O) groups excluding carboxylic acids is 1. The highest BCUT2D eigenvalue weighted by Gasteiger charge is 2.20. The lowest BCUT2D eigenvalue weighted by molar-refractivity contribution is -0.115. The minimum Gasteiger partial charge on any atom is -0.411 e. The Hall–Kier alpha value is -2.31. The average molecular weight is 388 g/mol. The van der Waals surface area contributed by atoms with Gasteiger partial charge in [-0.25, -0.2) is 0 Å². The van der Waals surface area contributed by atoms with Crippen LogP contribution in [-0.2, 0) is 4.79 Å². The second-order valence-electron chi connectivity index (χ2n) is 5.90. The first-order valence-electron chi connectivity index (χ1n) is 8.07. The number of carbonyl (C=O) groups is 1. The topological polar surface area (TPSA) is 68.0 Å². The average Bonchev–Trinajstić information content (AvgIpc) is 3.06. The molecule has 1 atom stereocenters. The molecule has 0 radical (unpaired) electrons. The van der Waals surface area contributed by atoms with Gasteiger partial charge in [-0.05, 0) is 50.1 Å². The monoisotopic (exact) mass is 387 g/mol. The fourth-order valence-electron chi connectivity index (χ4n) is 2.44. The Morgan fingerprint density at radius 3 is 2.54 bits per heavy atom. The van der Waals surface area contributed by atoms with Crippen LogP contribution in [0.15, 0.2) is 52.1 Å². The summed E-state index contributed by atoms with van der Waals surface area (Å²) < 4.78 is 5.65. The van der Waals surface area contributed by atoms with E-state index in [1.807, 2.05) is 44.2 Å². The molecule has 1 N–H and O–H groups in total. The van der Waals surface area contributed by atoms with E-state index in [1.54, 1.807) is 19.1 Å². The minimum absolute atomic E-state index is 0.116. The van der Waals surface area contributed by atoms with E-state index in [0.29, 0.717) is 16.1 Å². The SMILES string of the molecule is Cc1cccc(C)c1NC(=O)C(C)Sc1nnc(-c2cccc(Cl)c2)o1. The Kier molecular flexibility index (Phi) is 5.64. The van der Waals surface area contributed by atoms with Crippen LogP contribution in [0.3, 0.4) is 0 Å². The maximum absolute atomic E-state index is 12.5. The smallest absolute Gasteiger partial charge is 0.277 e. The van der Waals surface area contributed by atoms with Gasteiger partial charge in [-0.1, -0.05) is 47.6 Å². The van der Waals surface area contributed by atoms with Gasteiger partial charge in [0.2, 0.25) is 11.8 Å². The van der Waals surface area contributed by atoms with Crippen molar-refractivity contribution in [2.75, 3.05) is 5.32 Å². The molecule has 5 nitrogen and oxygen atoms in total. The molecular weight excluding hydrogens is 370 g/mol. The Balaban J connectivity index is 1.68. The van der Waals surface area contributed by atoms with Crippen molar-refractivity contribution in [2.24, 2.45) is 0 Å². The molecular formula is C19H18ClN3O2S. The quantitative estimate of drug-likeness (QED) is 0.615. The second kappa shape index (κ2) is 7.93. The van der Waals surface area contributed by atoms with Crippen LogP contribution in [0.25, 0.3) is 11.5 Å². The van der Waals surface area contributed by atoms with Crippen LogP contribution < -0.4 is 5.32 Å². The third-order valence-electron chi connectivity index (χ3n) is 3.85. The summed E-state index contributed by atoms with van der Waals surface area (Å²) in [7, 11) is 0. The predicted molar refractivity (Wildman–Crippen MR) is 105 cm³/mol. The van der Waals surface area contributed by atoms with E-state index in [9.17, 15) is 4.79 Å².